The second-order valence-corrected chi connectivity index (χ2v) is 5.76. The van der Waals surface area contributed by atoms with Gasteiger partial charge in [0.25, 0.3) is 11.9 Å². The largest absolute Gasteiger partial charge is 0.406 e. The van der Waals surface area contributed by atoms with Crippen molar-refractivity contribution in [2.75, 3.05) is 6.54 Å². The minimum atomic E-state index is -4.85. The van der Waals surface area contributed by atoms with Crippen LogP contribution < -0.4 is 0 Å². The molecular formula is C14H12F6N2O3. The van der Waals surface area contributed by atoms with E-state index in [0.29, 0.717) is 6.07 Å². The second-order valence-electron chi connectivity index (χ2n) is 5.76. The molecule has 2 rings (SSSR count). The molecule has 1 aromatic carbocycles. The molecule has 0 aromatic heterocycles. The molecule has 1 aromatic rings. The molecule has 1 fully saturated rings. The molecule has 0 N–H and O–H groups in total. The molecule has 0 saturated carbocycles. The Bertz CT molecular complexity index is 709. The van der Waals surface area contributed by atoms with E-state index in [9.17, 15) is 41.3 Å². The topological polar surface area (TPSA) is 63.5 Å². The number of nitrogens with zero attached hydrogens (tertiary/aromatic N) is 2. The Morgan fingerprint density at radius 2 is 1.88 bits per heavy atom. The average Bonchev–Trinajstić information content (AvgIpc) is 2.46. The van der Waals surface area contributed by atoms with Gasteiger partial charge in [0.1, 0.15) is 12.4 Å². The fourth-order valence-electron chi connectivity index (χ4n) is 2.97. The van der Waals surface area contributed by atoms with Gasteiger partial charge in [-0.1, -0.05) is 0 Å². The van der Waals surface area contributed by atoms with Crippen LogP contribution >= 0.6 is 0 Å². The monoisotopic (exact) mass is 370 g/mol. The summed E-state index contributed by atoms with van der Waals surface area (Å²) in [5, 5.41) is 11.0. The van der Waals surface area contributed by atoms with E-state index in [1.807, 2.05) is 0 Å². The molecule has 138 valence electrons. The van der Waals surface area contributed by atoms with E-state index in [-0.39, 0.29) is 11.0 Å². The Kier molecular flexibility index (Phi) is 4.96. The lowest BCUT2D eigenvalue weighted by Crippen LogP contribution is -2.57. The molecule has 0 radical (unpaired) electrons. The van der Waals surface area contributed by atoms with E-state index in [1.54, 1.807) is 0 Å². The molecule has 0 bridgehead atoms. The van der Waals surface area contributed by atoms with E-state index in [4.69, 9.17) is 0 Å². The van der Waals surface area contributed by atoms with Crippen LogP contribution in [0.5, 0.6) is 0 Å². The van der Waals surface area contributed by atoms with Crippen LogP contribution in [0.25, 0.3) is 0 Å². The van der Waals surface area contributed by atoms with Crippen molar-refractivity contribution in [2.45, 2.75) is 37.5 Å². The van der Waals surface area contributed by atoms with E-state index in [0.717, 1.165) is 6.92 Å². The van der Waals surface area contributed by atoms with E-state index in [2.05, 4.69) is 0 Å². The number of hydrogen-bond acceptors (Lipinski definition) is 3. The Labute approximate surface area is 137 Å². The number of carbonyl (C=O) groups excluding carboxylic acids is 1. The molecule has 0 spiro atoms. The average molecular weight is 370 g/mol. The number of nitro groups is 1. The van der Waals surface area contributed by atoms with Gasteiger partial charge in [-0.2, -0.15) is 13.2 Å². The minimum Gasteiger partial charge on any atom is -0.324 e. The van der Waals surface area contributed by atoms with Gasteiger partial charge in [0, 0.05) is 29.4 Å². The summed E-state index contributed by atoms with van der Waals surface area (Å²) in [6.45, 7) is -0.667. The lowest BCUT2D eigenvalue weighted by Gasteiger charge is -2.40. The maximum absolute atomic E-state index is 14.0. The van der Waals surface area contributed by atoms with Gasteiger partial charge >= 0.3 is 6.18 Å². The fraction of sp³-hybridized carbons (Fsp3) is 0.500. The predicted molar refractivity (Wildman–Crippen MR) is 71.7 cm³/mol. The first kappa shape index (κ1) is 19.0. The van der Waals surface area contributed by atoms with Crippen molar-refractivity contribution in [3.8, 4) is 0 Å². The van der Waals surface area contributed by atoms with Gasteiger partial charge in [0.2, 0.25) is 0 Å². The second kappa shape index (κ2) is 6.52. The van der Waals surface area contributed by atoms with Gasteiger partial charge in [-0.15, -0.1) is 0 Å². The molecule has 25 heavy (non-hydrogen) atoms. The SMILES string of the molecule is CC1C(c2cc(F)cc(F)c2F)CC([N+](=O)[O-])C(=O)N1CC(F)(F)F. The number of carbonyl (C=O) groups is 1. The summed E-state index contributed by atoms with van der Waals surface area (Å²) in [5.74, 6) is -7.01. The zero-order valence-electron chi connectivity index (χ0n) is 12.7. The van der Waals surface area contributed by atoms with Crippen LogP contribution in [0, 0.1) is 27.6 Å². The van der Waals surface area contributed by atoms with E-state index < -0.39 is 71.0 Å². The Morgan fingerprint density at radius 3 is 2.40 bits per heavy atom. The molecule has 5 nitrogen and oxygen atoms in total. The predicted octanol–water partition coefficient (Wildman–Crippen LogP) is 3.02. The number of alkyl halides is 3. The Hall–Kier alpha value is -2.33. The van der Waals surface area contributed by atoms with Crippen LogP contribution in [-0.2, 0) is 4.79 Å². The third-order valence-corrected chi connectivity index (χ3v) is 4.14. The quantitative estimate of drug-likeness (QED) is 0.356. The van der Waals surface area contributed by atoms with E-state index >= 15 is 0 Å². The maximum atomic E-state index is 14.0. The van der Waals surface area contributed by atoms with Crippen molar-refractivity contribution < 1.29 is 36.1 Å². The smallest absolute Gasteiger partial charge is 0.324 e. The summed E-state index contributed by atoms with van der Waals surface area (Å²) in [6.07, 6.45) is -5.51. The van der Waals surface area contributed by atoms with Gasteiger partial charge < -0.3 is 4.90 Å². The number of piperidine rings is 1. The van der Waals surface area contributed by atoms with Crippen LogP contribution in [0.4, 0.5) is 26.3 Å². The standard InChI is InChI=1S/C14H12F6N2O3/c1-6-8(9-2-7(15)3-10(16)12(9)17)4-11(22(24)25)13(23)21(6)5-14(18,19)20/h2-3,6,8,11H,4-5H2,1H3. The van der Waals surface area contributed by atoms with Gasteiger partial charge in [-0.05, 0) is 18.6 Å². The summed E-state index contributed by atoms with van der Waals surface area (Å²) in [7, 11) is 0. The first-order chi connectivity index (χ1) is 11.4. The zero-order valence-corrected chi connectivity index (χ0v) is 12.7. The summed E-state index contributed by atoms with van der Waals surface area (Å²) < 4.78 is 78.9. The third kappa shape index (κ3) is 3.85. The number of hydrogen-bond donors (Lipinski definition) is 0. The molecular weight excluding hydrogens is 358 g/mol. The highest BCUT2D eigenvalue weighted by Gasteiger charge is 2.50. The van der Waals surface area contributed by atoms with Gasteiger partial charge in [-0.3, -0.25) is 14.9 Å². The van der Waals surface area contributed by atoms with Crippen LogP contribution in [0.15, 0.2) is 12.1 Å². The lowest BCUT2D eigenvalue weighted by molar-refractivity contribution is -0.512. The highest BCUT2D eigenvalue weighted by atomic mass is 19.4. The number of amides is 1. The molecule has 1 heterocycles. The molecule has 11 heteroatoms. The number of benzene rings is 1. The third-order valence-electron chi connectivity index (χ3n) is 4.14. The summed E-state index contributed by atoms with van der Waals surface area (Å²) >= 11 is 0. The lowest BCUT2D eigenvalue weighted by atomic mass is 9.81. The van der Waals surface area contributed by atoms with Crippen LogP contribution in [0.3, 0.4) is 0 Å². The first-order valence-corrected chi connectivity index (χ1v) is 7.07. The van der Waals surface area contributed by atoms with Gasteiger partial charge in [0.05, 0.1) is 0 Å². The summed E-state index contributed by atoms with van der Waals surface area (Å²) in [4.78, 5) is 22.1. The van der Waals surface area contributed by atoms with Crippen molar-refractivity contribution in [2.24, 2.45) is 0 Å². The highest BCUT2D eigenvalue weighted by molar-refractivity contribution is 5.82. The summed E-state index contributed by atoms with van der Waals surface area (Å²) in [5.41, 5.74) is -0.642. The van der Waals surface area contributed by atoms with Crippen molar-refractivity contribution in [3.05, 3.63) is 45.3 Å². The van der Waals surface area contributed by atoms with Crippen molar-refractivity contribution in [1.82, 2.24) is 4.90 Å². The van der Waals surface area contributed by atoms with Crippen molar-refractivity contribution in [1.29, 1.82) is 0 Å². The maximum Gasteiger partial charge on any atom is 0.406 e. The van der Waals surface area contributed by atoms with Crippen molar-refractivity contribution >= 4 is 5.91 Å². The van der Waals surface area contributed by atoms with E-state index in [1.165, 1.54) is 0 Å². The highest BCUT2D eigenvalue weighted by Crippen LogP contribution is 2.37. The fourth-order valence-corrected chi connectivity index (χ4v) is 2.97. The van der Waals surface area contributed by atoms with Crippen LogP contribution in [0.2, 0.25) is 0 Å². The molecule has 1 amide bonds. The molecule has 3 atom stereocenters. The van der Waals surface area contributed by atoms with Gasteiger partial charge in [-0.25, -0.2) is 13.2 Å². The molecule has 1 aliphatic rings. The van der Waals surface area contributed by atoms with Gasteiger partial charge in [0.15, 0.2) is 11.6 Å². The number of halogens is 6. The first-order valence-electron chi connectivity index (χ1n) is 7.07. The summed E-state index contributed by atoms with van der Waals surface area (Å²) in [6, 6.07) is -2.59. The molecule has 1 saturated heterocycles. The Balaban J connectivity index is 2.50. The van der Waals surface area contributed by atoms with Crippen molar-refractivity contribution in [3.63, 3.8) is 0 Å². The zero-order chi connectivity index (χ0) is 19.1. The molecule has 3 unspecified atom stereocenters. The minimum absolute atomic E-state index is 0.198. The Morgan fingerprint density at radius 1 is 1.28 bits per heavy atom. The normalized spacial score (nSPS) is 24.5. The molecule has 0 aliphatic carbocycles. The molecule has 1 aliphatic heterocycles. The number of likely N-dealkylation sites (tertiary alicyclic amines) is 1. The van der Waals surface area contributed by atoms with Crippen LogP contribution in [0.1, 0.15) is 24.8 Å². The van der Waals surface area contributed by atoms with Crippen LogP contribution in [-0.4, -0.2) is 40.5 Å². The number of rotatable bonds is 3.